The zero-order valence-electron chi connectivity index (χ0n) is 19.8. The van der Waals surface area contributed by atoms with Crippen molar-refractivity contribution in [3.8, 4) is 0 Å². The molecule has 0 amide bonds. The molecule has 1 atom stereocenters. The monoisotopic (exact) mass is 498 g/mol. The van der Waals surface area contributed by atoms with Crippen LogP contribution in [0.5, 0.6) is 0 Å². The molecule has 3 aliphatic rings. The minimum atomic E-state index is -3.88. The highest BCUT2D eigenvalue weighted by Gasteiger charge is 2.52. The lowest BCUT2D eigenvalue weighted by Crippen LogP contribution is -2.41. The molecule has 6 nitrogen and oxygen atoms in total. The van der Waals surface area contributed by atoms with E-state index in [4.69, 9.17) is 9.31 Å². The number of rotatable bonds is 7. The highest BCUT2D eigenvalue weighted by atomic mass is 32.2. The van der Waals surface area contributed by atoms with Crippen LogP contribution in [0.15, 0.2) is 18.3 Å². The Balaban J connectivity index is 1.61. The molecule has 2 aromatic rings. The lowest BCUT2D eigenvalue weighted by Gasteiger charge is -2.32. The third-order valence-corrected chi connectivity index (χ3v) is 9.73. The summed E-state index contributed by atoms with van der Waals surface area (Å²) in [6.07, 6.45) is 2.26. The van der Waals surface area contributed by atoms with Crippen LogP contribution in [-0.2, 0) is 19.3 Å². The minimum absolute atomic E-state index is 0.0838. The molecule has 1 N–H and O–H groups in total. The molecule has 2 aliphatic carbocycles. The topological polar surface area (TPSA) is 69.6 Å². The molecule has 186 valence electrons. The van der Waals surface area contributed by atoms with E-state index >= 15 is 4.39 Å². The molecular weight excluding hydrogens is 468 g/mol. The van der Waals surface area contributed by atoms with Crippen molar-refractivity contribution in [3.63, 3.8) is 0 Å². The summed E-state index contributed by atoms with van der Waals surface area (Å²) in [7, 11) is -4.82. The first-order valence-electron chi connectivity index (χ1n) is 11.8. The third-order valence-electron chi connectivity index (χ3n) is 7.80. The van der Waals surface area contributed by atoms with Gasteiger partial charge in [-0.1, -0.05) is 0 Å². The Labute approximate surface area is 198 Å². The van der Waals surface area contributed by atoms with Gasteiger partial charge in [-0.2, -0.15) is 0 Å². The molecular formula is C23H30BF3N2O4S. The van der Waals surface area contributed by atoms with Gasteiger partial charge >= 0.3 is 7.12 Å². The van der Waals surface area contributed by atoms with Crippen LogP contribution in [0.25, 0.3) is 10.9 Å². The molecule has 11 heteroatoms. The maximum Gasteiger partial charge on any atom is 0.497 e. The summed E-state index contributed by atoms with van der Waals surface area (Å²) >= 11 is 0. The second-order valence-corrected chi connectivity index (χ2v) is 12.7. The zero-order valence-corrected chi connectivity index (χ0v) is 20.6. The molecule has 1 aromatic heterocycles. The Hall–Kier alpha value is -1.56. The molecule has 1 aliphatic heterocycles. The molecule has 0 bridgehead atoms. The normalized spacial score (nSPS) is 23.6. The number of hydrogen-bond acceptors (Lipinski definition) is 4. The standard InChI is InChI=1S/C23H30BF3N2O4S/c1-22(2)23(3,4)33-24(32-22)17-11-19-15(10-18(17)25)16(12-29(19)13-6-5-7-13)20(21(26)27)28-34(30,31)14-8-9-14/h10-14,20-21,28H,5-9H2,1-4H3. The van der Waals surface area contributed by atoms with Gasteiger partial charge < -0.3 is 13.9 Å². The van der Waals surface area contributed by atoms with Crippen molar-refractivity contribution < 1.29 is 30.9 Å². The van der Waals surface area contributed by atoms with Gasteiger partial charge in [-0.05, 0) is 71.9 Å². The van der Waals surface area contributed by atoms with Crippen molar-refractivity contribution in [1.82, 2.24) is 9.29 Å². The number of halogens is 3. The smallest absolute Gasteiger partial charge is 0.399 e. The molecule has 5 rings (SSSR count). The molecule has 1 unspecified atom stereocenters. The van der Waals surface area contributed by atoms with Gasteiger partial charge in [0, 0.05) is 34.2 Å². The molecule has 1 aromatic carbocycles. The van der Waals surface area contributed by atoms with E-state index in [9.17, 15) is 17.2 Å². The van der Waals surface area contributed by atoms with Gasteiger partial charge in [0.2, 0.25) is 10.0 Å². The molecule has 2 saturated carbocycles. The number of alkyl halides is 2. The van der Waals surface area contributed by atoms with E-state index in [1.165, 1.54) is 6.07 Å². The Morgan fingerprint density at radius 2 is 1.71 bits per heavy atom. The molecule has 0 spiro atoms. The summed E-state index contributed by atoms with van der Waals surface area (Å²) in [5.41, 5.74) is -0.476. The maximum absolute atomic E-state index is 15.4. The van der Waals surface area contributed by atoms with Crippen LogP contribution in [0.2, 0.25) is 0 Å². The zero-order chi connectivity index (χ0) is 24.6. The Morgan fingerprint density at radius 3 is 2.21 bits per heavy atom. The van der Waals surface area contributed by atoms with E-state index in [0.29, 0.717) is 18.4 Å². The van der Waals surface area contributed by atoms with Crippen LogP contribution in [0.3, 0.4) is 0 Å². The lowest BCUT2D eigenvalue weighted by molar-refractivity contribution is 0.00578. The Bertz CT molecular complexity index is 1210. The van der Waals surface area contributed by atoms with Gasteiger partial charge in [-0.15, -0.1) is 0 Å². The average Bonchev–Trinajstić information content (AvgIpc) is 3.44. The first-order valence-corrected chi connectivity index (χ1v) is 13.3. The number of benzene rings is 1. The van der Waals surface area contributed by atoms with Crippen LogP contribution < -0.4 is 10.2 Å². The summed E-state index contributed by atoms with van der Waals surface area (Å²) in [6, 6.07) is 1.15. The van der Waals surface area contributed by atoms with E-state index in [2.05, 4.69) is 4.72 Å². The number of fused-ring (bicyclic) bond motifs is 1. The predicted octanol–water partition coefficient (Wildman–Crippen LogP) is 4.19. The molecule has 2 heterocycles. The van der Waals surface area contributed by atoms with Crippen LogP contribution in [0, 0.1) is 5.82 Å². The number of nitrogens with zero attached hydrogens (tertiary/aromatic N) is 1. The summed E-state index contributed by atoms with van der Waals surface area (Å²) in [4.78, 5) is 0. The third kappa shape index (κ3) is 3.98. The van der Waals surface area contributed by atoms with E-state index in [1.807, 2.05) is 32.3 Å². The first kappa shape index (κ1) is 24.2. The SMILES string of the molecule is CC1(C)OB(c2cc3c(cc2F)c(C(NS(=O)(=O)C2CC2)C(F)F)cn3C2CCC2)OC1(C)C. The fourth-order valence-electron chi connectivity index (χ4n) is 4.58. The van der Waals surface area contributed by atoms with E-state index < -0.39 is 51.9 Å². The number of nitrogens with one attached hydrogen (secondary N) is 1. The van der Waals surface area contributed by atoms with Crippen molar-refractivity contribution in [2.75, 3.05) is 0 Å². The number of aromatic nitrogens is 1. The first-order chi connectivity index (χ1) is 15.8. The van der Waals surface area contributed by atoms with Crippen LogP contribution >= 0.6 is 0 Å². The quantitative estimate of drug-likeness (QED) is 0.582. The number of hydrogen-bond donors (Lipinski definition) is 1. The van der Waals surface area contributed by atoms with Gasteiger partial charge in [0.15, 0.2) is 0 Å². The highest BCUT2D eigenvalue weighted by Crippen LogP contribution is 2.41. The Kier molecular flexibility index (Phi) is 5.67. The van der Waals surface area contributed by atoms with Crippen molar-refractivity contribution >= 4 is 33.5 Å². The molecule has 34 heavy (non-hydrogen) atoms. The van der Waals surface area contributed by atoms with Crippen molar-refractivity contribution in [3.05, 3.63) is 29.7 Å². The fourth-order valence-corrected chi connectivity index (χ4v) is 6.11. The maximum atomic E-state index is 15.4. The van der Waals surface area contributed by atoms with Crippen LogP contribution in [0.1, 0.15) is 77.4 Å². The van der Waals surface area contributed by atoms with Gasteiger partial charge in [0.05, 0.1) is 16.5 Å². The molecule has 1 saturated heterocycles. The number of sulfonamides is 1. The van der Waals surface area contributed by atoms with Crippen LogP contribution in [-0.4, -0.2) is 43.0 Å². The fraction of sp³-hybridized carbons (Fsp3) is 0.652. The molecule has 3 fully saturated rings. The second-order valence-electron chi connectivity index (χ2n) is 10.7. The average molecular weight is 498 g/mol. The summed E-state index contributed by atoms with van der Waals surface area (Å²) < 4.78 is 84.8. The van der Waals surface area contributed by atoms with Gasteiger partial charge in [0.25, 0.3) is 6.43 Å². The Morgan fingerprint density at radius 1 is 1.09 bits per heavy atom. The minimum Gasteiger partial charge on any atom is -0.399 e. The largest absolute Gasteiger partial charge is 0.497 e. The van der Waals surface area contributed by atoms with Crippen LogP contribution in [0.4, 0.5) is 13.2 Å². The molecule has 0 radical (unpaired) electrons. The van der Waals surface area contributed by atoms with Crippen molar-refractivity contribution in [2.45, 2.75) is 94.8 Å². The summed E-state index contributed by atoms with van der Waals surface area (Å²) in [5.74, 6) is -0.642. The van der Waals surface area contributed by atoms with E-state index in [1.54, 1.807) is 12.3 Å². The van der Waals surface area contributed by atoms with Gasteiger partial charge in [0.1, 0.15) is 11.9 Å². The highest BCUT2D eigenvalue weighted by molar-refractivity contribution is 7.90. The lowest BCUT2D eigenvalue weighted by atomic mass is 9.78. The van der Waals surface area contributed by atoms with E-state index in [-0.39, 0.29) is 22.5 Å². The second kappa shape index (κ2) is 7.98. The van der Waals surface area contributed by atoms with Gasteiger partial charge in [-0.3, -0.25) is 0 Å². The predicted molar refractivity (Wildman–Crippen MR) is 124 cm³/mol. The summed E-state index contributed by atoms with van der Waals surface area (Å²) in [5, 5.41) is -0.367. The van der Waals surface area contributed by atoms with Gasteiger partial charge in [-0.25, -0.2) is 26.3 Å². The van der Waals surface area contributed by atoms with Crippen molar-refractivity contribution in [1.29, 1.82) is 0 Å². The van der Waals surface area contributed by atoms with Crippen molar-refractivity contribution in [2.24, 2.45) is 0 Å². The summed E-state index contributed by atoms with van der Waals surface area (Å²) in [6.45, 7) is 7.49. The van der Waals surface area contributed by atoms with E-state index in [0.717, 1.165) is 19.3 Å².